The smallest absolute Gasteiger partial charge is 0.250 e. The van der Waals surface area contributed by atoms with Crippen LogP contribution in [-0.4, -0.2) is 22.6 Å². The SMILES string of the molecule is C=CCNC(=O)CCc1nnc(-c2ccccc2F)o1. The van der Waals surface area contributed by atoms with E-state index < -0.39 is 5.82 Å². The summed E-state index contributed by atoms with van der Waals surface area (Å²) in [6, 6.07) is 6.15. The number of benzene rings is 1. The molecule has 6 heteroatoms. The van der Waals surface area contributed by atoms with Gasteiger partial charge in [-0.1, -0.05) is 18.2 Å². The maximum absolute atomic E-state index is 13.5. The minimum atomic E-state index is -0.425. The molecule has 0 aliphatic carbocycles. The molecule has 20 heavy (non-hydrogen) atoms. The summed E-state index contributed by atoms with van der Waals surface area (Å²) in [5.41, 5.74) is 0.252. The van der Waals surface area contributed by atoms with Crippen molar-refractivity contribution in [3.63, 3.8) is 0 Å². The molecular formula is C14H14FN3O2. The lowest BCUT2D eigenvalue weighted by Gasteiger charge is -1.99. The fraction of sp³-hybridized carbons (Fsp3) is 0.214. The number of carbonyl (C=O) groups is 1. The molecule has 0 atom stereocenters. The van der Waals surface area contributed by atoms with Crippen LogP contribution < -0.4 is 5.32 Å². The van der Waals surface area contributed by atoms with Gasteiger partial charge >= 0.3 is 0 Å². The Balaban J connectivity index is 1.98. The van der Waals surface area contributed by atoms with E-state index in [9.17, 15) is 9.18 Å². The third-order valence-electron chi connectivity index (χ3n) is 2.58. The fourth-order valence-corrected chi connectivity index (χ4v) is 1.59. The van der Waals surface area contributed by atoms with Gasteiger partial charge in [-0.2, -0.15) is 0 Å². The van der Waals surface area contributed by atoms with Crippen molar-refractivity contribution < 1.29 is 13.6 Å². The lowest BCUT2D eigenvalue weighted by molar-refractivity contribution is -0.120. The van der Waals surface area contributed by atoms with Crippen LogP contribution in [0.25, 0.3) is 11.5 Å². The number of nitrogens with zero attached hydrogens (tertiary/aromatic N) is 2. The van der Waals surface area contributed by atoms with Crippen molar-refractivity contribution in [1.82, 2.24) is 15.5 Å². The Labute approximate surface area is 115 Å². The van der Waals surface area contributed by atoms with Crippen LogP contribution in [-0.2, 0) is 11.2 Å². The van der Waals surface area contributed by atoms with Gasteiger partial charge < -0.3 is 9.73 Å². The number of hydrogen-bond acceptors (Lipinski definition) is 4. The summed E-state index contributed by atoms with van der Waals surface area (Å²) >= 11 is 0. The van der Waals surface area contributed by atoms with E-state index in [0.29, 0.717) is 18.9 Å². The van der Waals surface area contributed by atoms with Crippen LogP contribution in [0.2, 0.25) is 0 Å². The largest absolute Gasteiger partial charge is 0.421 e. The summed E-state index contributed by atoms with van der Waals surface area (Å²) in [4.78, 5) is 11.4. The molecule has 0 spiro atoms. The minimum Gasteiger partial charge on any atom is -0.421 e. The van der Waals surface area contributed by atoms with Gasteiger partial charge in [-0.05, 0) is 12.1 Å². The second-order valence-corrected chi connectivity index (χ2v) is 4.07. The van der Waals surface area contributed by atoms with E-state index in [-0.39, 0.29) is 23.8 Å². The Bertz CT molecular complexity index is 610. The molecule has 1 aromatic heterocycles. The van der Waals surface area contributed by atoms with Gasteiger partial charge in [0.25, 0.3) is 5.89 Å². The predicted octanol–water partition coefficient (Wildman–Crippen LogP) is 2.11. The number of rotatable bonds is 6. The number of hydrogen-bond donors (Lipinski definition) is 1. The molecule has 0 bridgehead atoms. The average molecular weight is 275 g/mol. The van der Waals surface area contributed by atoms with Crippen LogP contribution in [0.1, 0.15) is 12.3 Å². The topological polar surface area (TPSA) is 68.0 Å². The van der Waals surface area contributed by atoms with Gasteiger partial charge in [0, 0.05) is 19.4 Å². The normalized spacial score (nSPS) is 10.2. The third kappa shape index (κ3) is 3.50. The molecule has 2 aromatic rings. The molecule has 1 amide bonds. The van der Waals surface area contributed by atoms with Crippen LogP contribution in [0.5, 0.6) is 0 Å². The van der Waals surface area contributed by atoms with Crippen LogP contribution in [0.3, 0.4) is 0 Å². The second kappa shape index (κ2) is 6.60. The highest BCUT2D eigenvalue weighted by Gasteiger charge is 2.13. The molecule has 0 aliphatic rings. The van der Waals surface area contributed by atoms with Crippen molar-refractivity contribution in [1.29, 1.82) is 0 Å². The van der Waals surface area contributed by atoms with Gasteiger partial charge in [0.1, 0.15) is 5.82 Å². The van der Waals surface area contributed by atoms with Crippen LogP contribution in [0.4, 0.5) is 4.39 Å². The number of halogens is 1. The van der Waals surface area contributed by atoms with Crippen molar-refractivity contribution in [3.8, 4) is 11.5 Å². The first-order chi connectivity index (χ1) is 9.70. The van der Waals surface area contributed by atoms with Crippen LogP contribution >= 0.6 is 0 Å². The van der Waals surface area contributed by atoms with E-state index in [1.807, 2.05) is 0 Å². The van der Waals surface area contributed by atoms with E-state index in [0.717, 1.165) is 0 Å². The van der Waals surface area contributed by atoms with E-state index in [4.69, 9.17) is 4.42 Å². The molecule has 0 saturated heterocycles. The number of amides is 1. The Morgan fingerprint density at radius 1 is 1.40 bits per heavy atom. The zero-order chi connectivity index (χ0) is 14.4. The highest BCUT2D eigenvalue weighted by Crippen LogP contribution is 2.21. The monoisotopic (exact) mass is 275 g/mol. The molecule has 1 N–H and O–H groups in total. The lowest BCUT2D eigenvalue weighted by Crippen LogP contribution is -2.23. The number of aromatic nitrogens is 2. The highest BCUT2D eigenvalue weighted by molar-refractivity contribution is 5.76. The molecule has 104 valence electrons. The molecule has 0 fully saturated rings. The van der Waals surface area contributed by atoms with E-state index >= 15 is 0 Å². The second-order valence-electron chi connectivity index (χ2n) is 4.07. The maximum atomic E-state index is 13.5. The first kappa shape index (κ1) is 13.9. The molecule has 0 radical (unpaired) electrons. The molecule has 1 aromatic carbocycles. The Kier molecular flexibility index (Phi) is 4.60. The molecule has 5 nitrogen and oxygen atoms in total. The summed E-state index contributed by atoms with van der Waals surface area (Å²) in [7, 11) is 0. The van der Waals surface area contributed by atoms with Gasteiger partial charge in [-0.25, -0.2) is 4.39 Å². The van der Waals surface area contributed by atoms with Crippen molar-refractivity contribution in [2.75, 3.05) is 6.54 Å². The van der Waals surface area contributed by atoms with Crippen molar-refractivity contribution in [3.05, 3.63) is 48.6 Å². The van der Waals surface area contributed by atoms with Crippen LogP contribution in [0, 0.1) is 5.82 Å². The molecule has 1 heterocycles. The van der Waals surface area contributed by atoms with E-state index in [1.54, 1.807) is 24.3 Å². The molecule has 0 aliphatic heterocycles. The Morgan fingerprint density at radius 2 is 2.20 bits per heavy atom. The molecule has 2 rings (SSSR count). The van der Waals surface area contributed by atoms with E-state index in [2.05, 4.69) is 22.1 Å². The van der Waals surface area contributed by atoms with Gasteiger partial charge in [0.2, 0.25) is 11.8 Å². The van der Waals surface area contributed by atoms with Crippen molar-refractivity contribution in [2.24, 2.45) is 0 Å². The van der Waals surface area contributed by atoms with Gasteiger partial charge in [-0.15, -0.1) is 16.8 Å². The predicted molar refractivity (Wildman–Crippen MR) is 71.2 cm³/mol. The standard InChI is InChI=1S/C14H14FN3O2/c1-2-9-16-12(19)7-8-13-17-18-14(20-13)10-5-3-4-6-11(10)15/h2-6H,1,7-9H2,(H,16,19). The minimum absolute atomic E-state index is 0.115. The quantitative estimate of drug-likeness (QED) is 0.820. The first-order valence-corrected chi connectivity index (χ1v) is 6.15. The zero-order valence-corrected chi connectivity index (χ0v) is 10.8. The molecular weight excluding hydrogens is 261 g/mol. The fourth-order valence-electron chi connectivity index (χ4n) is 1.59. The lowest BCUT2D eigenvalue weighted by atomic mass is 10.2. The third-order valence-corrected chi connectivity index (χ3v) is 2.58. The van der Waals surface area contributed by atoms with Crippen LogP contribution in [0.15, 0.2) is 41.3 Å². The van der Waals surface area contributed by atoms with E-state index in [1.165, 1.54) is 6.07 Å². The van der Waals surface area contributed by atoms with Gasteiger partial charge in [-0.3, -0.25) is 4.79 Å². The van der Waals surface area contributed by atoms with Crippen molar-refractivity contribution in [2.45, 2.75) is 12.8 Å². The summed E-state index contributed by atoms with van der Waals surface area (Å²) in [5, 5.41) is 10.2. The summed E-state index contributed by atoms with van der Waals surface area (Å²) < 4.78 is 18.9. The molecule has 0 unspecified atom stereocenters. The number of nitrogens with one attached hydrogen (secondary N) is 1. The first-order valence-electron chi connectivity index (χ1n) is 6.15. The Morgan fingerprint density at radius 3 is 2.95 bits per heavy atom. The van der Waals surface area contributed by atoms with Crippen molar-refractivity contribution >= 4 is 5.91 Å². The molecule has 0 saturated carbocycles. The highest BCUT2D eigenvalue weighted by atomic mass is 19.1. The zero-order valence-electron chi connectivity index (χ0n) is 10.8. The number of aryl methyl sites for hydroxylation is 1. The summed E-state index contributed by atoms with van der Waals surface area (Å²) in [6.07, 6.45) is 2.14. The Hall–Kier alpha value is -2.50. The van der Waals surface area contributed by atoms with Gasteiger partial charge in [0.05, 0.1) is 5.56 Å². The summed E-state index contributed by atoms with van der Waals surface area (Å²) in [5.74, 6) is -0.136. The summed E-state index contributed by atoms with van der Waals surface area (Å²) in [6.45, 7) is 3.92. The maximum Gasteiger partial charge on any atom is 0.250 e. The van der Waals surface area contributed by atoms with Gasteiger partial charge in [0.15, 0.2) is 0 Å². The average Bonchev–Trinajstić information content (AvgIpc) is 2.92. The number of carbonyl (C=O) groups excluding carboxylic acids is 1.